The van der Waals surface area contributed by atoms with Gasteiger partial charge in [-0.1, -0.05) is 20.8 Å². The molecule has 0 bridgehead atoms. The summed E-state index contributed by atoms with van der Waals surface area (Å²) in [4.78, 5) is 6.43. The van der Waals surface area contributed by atoms with Gasteiger partial charge in [-0.3, -0.25) is 0 Å². The minimum atomic E-state index is -3.57. The van der Waals surface area contributed by atoms with Crippen molar-refractivity contribution in [2.75, 3.05) is 13.1 Å². The van der Waals surface area contributed by atoms with Crippen molar-refractivity contribution in [2.24, 2.45) is 5.73 Å². The van der Waals surface area contributed by atoms with Gasteiger partial charge in [0.15, 0.2) is 5.03 Å². The normalized spacial score (nSPS) is 13.2. The van der Waals surface area contributed by atoms with Gasteiger partial charge in [-0.05, 0) is 12.8 Å². The number of sulfonamides is 1. The molecule has 1 aromatic rings. The molecule has 0 aliphatic rings. The Morgan fingerprint density at radius 1 is 1.39 bits per heavy atom. The van der Waals surface area contributed by atoms with Crippen molar-refractivity contribution in [3.8, 4) is 0 Å². The molecule has 6 nitrogen and oxygen atoms in total. The minimum Gasteiger partial charge on any atom is -0.335 e. The summed E-state index contributed by atoms with van der Waals surface area (Å²) in [6.45, 7) is 6.44. The predicted octanol–water partition coefficient (Wildman–Crippen LogP) is 0.938. The number of hydrogen-bond acceptors (Lipinski definition) is 4. The predicted molar refractivity (Wildman–Crippen MR) is 70.5 cm³/mol. The second kappa shape index (κ2) is 5.81. The molecule has 1 heterocycles. The third-order valence-corrected chi connectivity index (χ3v) is 5.56. The highest BCUT2D eigenvalue weighted by Gasteiger charge is 2.40. The van der Waals surface area contributed by atoms with Crippen molar-refractivity contribution >= 4 is 10.0 Å². The second-order valence-electron chi connectivity index (χ2n) is 4.22. The first kappa shape index (κ1) is 15.1. The summed E-state index contributed by atoms with van der Waals surface area (Å²) in [5.41, 5.74) is 5.29. The fraction of sp³-hybridized carbons (Fsp3) is 0.727. The lowest BCUT2D eigenvalue weighted by molar-refractivity contribution is 0.184. The van der Waals surface area contributed by atoms with Gasteiger partial charge in [-0.15, -0.1) is 0 Å². The molecule has 0 radical (unpaired) electrons. The maximum Gasteiger partial charge on any atom is 0.260 e. The number of imidazole rings is 1. The topological polar surface area (TPSA) is 92.1 Å². The Bertz CT molecular complexity index is 443. The molecular formula is C11H22N4O2S. The molecule has 1 aromatic heterocycles. The van der Waals surface area contributed by atoms with Crippen LogP contribution in [0.15, 0.2) is 17.6 Å². The molecule has 0 aliphatic heterocycles. The molecule has 0 saturated heterocycles. The van der Waals surface area contributed by atoms with E-state index < -0.39 is 15.6 Å². The van der Waals surface area contributed by atoms with Crippen LogP contribution in [-0.4, -0.2) is 41.3 Å². The summed E-state index contributed by atoms with van der Waals surface area (Å²) in [6.07, 6.45) is 4.05. The highest BCUT2D eigenvalue weighted by Crippen LogP contribution is 2.28. The van der Waals surface area contributed by atoms with Gasteiger partial charge >= 0.3 is 0 Å². The highest BCUT2D eigenvalue weighted by molar-refractivity contribution is 7.89. The second-order valence-corrected chi connectivity index (χ2v) is 6.05. The molecule has 104 valence electrons. The Balaban J connectivity index is 3.25. The molecule has 0 aromatic carbocycles. The van der Waals surface area contributed by atoms with Gasteiger partial charge in [-0.25, -0.2) is 13.4 Å². The maximum absolute atomic E-state index is 12.5. The van der Waals surface area contributed by atoms with E-state index in [2.05, 4.69) is 9.97 Å². The summed E-state index contributed by atoms with van der Waals surface area (Å²) in [5.74, 6) is 0. The summed E-state index contributed by atoms with van der Waals surface area (Å²) in [6, 6.07) is 0. The Labute approximate surface area is 109 Å². The lowest BCUT2D eigenvalue weighted by atomic mass is 9.93. The van der Waals surface area contributed by atoms with Crippen LogP contribution < -0.4 is 5.73 Å². The smallest absolute Gasteiger partial charge is 0.260 e. The monoisotopic (exact) mass is 274 g/mol. The standard InChI is InChI=1S/C11H22N4O2S/c1-4-11(5-2,8-12)15(6-3)18(16,17)10-7-13-9-14-10/h7,9H,4-6,8,12H2,1-3H3,(H,13,14). The summed E-state index contributed by atoms with van der Waals surface area (Å²) in [7, 11) is -3.57. The third-order valence-electron chi connectivity index (χ3n) is 3.55. The zero-order valence-corrected chi connectivity index (χ0v) is 12.0. The molecule has 0 atom stereocenters. The number of nitrogens with zero attached hydrogens (tertiary/aromatic N) is 2. The van der Waals surface area contributed by atoms with Crippen molar-refractivity contribution in [2.45, 2.75) is 44.2 Å². The largest absolute Gasteiger partial charge is 0.335 e. The number of rotatable bonds is 7. The fourth-order valence-electron chi connectivity index (χ4n) is 2.26. The molecule has 3 N–H and O–H groups in total. The zero-order chi connectivity index (χ0) is 13.8. The quantitative estimate of drug-likeness (QED) is 0.774. The zero-order valence-electron chi connectivity index (χ0n) is 11.2. The van der Waals surface area contributed by atoms with E-state index in [0.29, 0.717) is 25.9 Å². The number of nitrogens with one attached hydrogen (secondary N) is 1. The van der Waals surface area contributed by atoms with E-state index in [0.717, 1.165) is 0 Å². The van der Waals surface area contributed by atoms with Gasteiger partial charge in [0, 0.05) is 18.6 Å². The average molecular weight is 274 g/mol. The molecule has 0 amide bonds. The van der Waals surface area contributed by atoms with Crippen LogP contribution in [0.3, 0.4) is 0 Å². The molecular weight excluding hydrogens is 252 g/mol. The van der Waals surface area contributed by atoms with Crippen molar-refractivity contribution < 1.29 is 8.42 Å². The van der Waals surface area contributed by atoms with Gasteiger partial charge in [0.05, 0.1) is 12.5 Å². The van der Waals surface area contributed by atoms with Crippen LogP contribution in [0.2, 0.25) is 0 Å². The lowest BCUT2D eigenvalue weighted by Crippen LogP contribution is -2.55. The van der Waals surface area contributed by atoms with Gasteiger partial charge in [0.25, 0.3) is 10.0 Å². The van der Waals surface area contributed by atoms with Crippen LogP contribution in [-0.2, 0) is 10.0 Å². The van der Waals surface area contributed by atoms with E-state index in [-0.39, 0.29) is 5.03 Å². The highest BCUT2D eigenvalue weighted by atomic mass is 32.2. The molecule has 0 saturated carbocycles. The van der Waals surface area contributed by atoms with Gasteiger partial charge < -0.3 is 10.7 Å². The summed E-state index contributed by atoms with van der Waals surface area (Å²) in [5, 5.41) is 0.115. The average Bonchev–Trinajstić information content (AvgIpc) is 2.90. The van der Waals surface area contributed by atoms with E-state index in [1.165, 1.54) is 16.8 Å². The van der Waals surface area contributed by atoms with Crippen molar-refractivity contribution in [1.82, 2.24) is 14.3 Å². The first-order valence-electron chi connectivity index (χ1n) is 6.19. The van der Waals surface area contributed by atoms with E-state index >= 15 is 0 Å². The van der Waals surface area contributed by atoms with Crippen molar-refractivity contribution in [3.05, 3.63) is 12.5 Å². The van der Waals surface area contributed by atoms with Gasteiger partial charge in [-0.2, -0.15) is 4.31 Å². The molecule has 0 spiro atoms. The molecule has 0 aliphatic carbocycles. The number of aromatic amines is 1. The molecule has 18 heavy (non-hydrogen) atoms. The Morgan fingerprint density at radius 2 is 2.00 bits per heavy atom. The van der Waals surface area contributed by atoms with Crippen molar-refractivity contribution in [3.63, 3.8) is 0 Å². The first-order valence-corrected chi connectivity index (χ1v) is 7.63. The van der Waals surface area contributed by atoms with E-state index in [1.807, 2.05) is 20.8 Å². The summed E-state index contributed by atoms with van der Waals surface area (Å²) >= 11 is 0. The fourth-order valence-corrected chi connectivity index (χ4v) is 4.07. The molecule has 1 rings (SSSR count). The van der Waals surface area contributed by atoms with Crippen LogP contribution in [0.5, 0.6) is 0 Å². The number of H-pyrrole nitrogens is 1. The molecule has 0 fully saturated rings. The van der Waals surface area contributed by atoms with E-state index in [1.54, 1.807) is 0 Å². The Kier molecular flexibility index (Phi) is 4.89. The minimum absolute atomic E-state index is 0.115. The summed E-state index contributed by atoms with van der Waals surface area (Å²) < 4.78 is 26.6. The van der Waals surface area contributed by atoms with Gasteiger partial charge in [0.1, 0.15) is 0 Å². The lowest BCUT2D eigenvalue weighted by Gasteiger charge is -2.40. The van der Waals surface area contributed by atoms with Crippen molar-refractivity contribution in [1.29, 1.82) is 0 Å². The van der Waals surface area contributed by atoms with Crippen LogP contribution in [0.1, 0.15) is 33.6 Å². The van der Waals surface area contributed by atoms with Crippen LogP contribution in [0.25, 0.3) is 0 Å². The van der Waals surface area contributed by atoms with Gasteiger partial charge in [0.2, 0.25) is 0 Å². The van der Waals surface area contributed by atoms with Crippen LogP contribution in [0.4, 0.5) is 0 Å². The maximum atomic E-state index is 12.5. The number of aromatic nitrogens is 2. The third kappa shape index (κ3) is 2.43. The molecule has 7 heteroatoms. The van der Waals surface area contributed by atoms with E-state index in [9.17, 15) is 8.42 Å². The number of nitrogens with two attached hydrogens (primary N) is 1. The first-order chi connectivity index (χ1) is 8.48. The number of hydrogen-bond donors (Lipinski definition) is 2. The SMILES string of the molecule is CCN(C(CC)(CC)CN)S(=O)(=O)c1cnc[nH]1. The van der Waals surface area contributed by atoms with Crippen LogP contribution >= 0.6 is 0 Å². The molecule has 0 unspecified atom stereocenters. The Hall–Kier alpha value is -0.920. The number of likely N-dealkylation sites (N-methyl/N-ethyl adjacent to an activating group) is 1. The Morgan fingerprint density at radius 3 is 2.33 bits per heavy atom. The van der Waals surface area contributed by atoms with E-state index in [4.69, 9.17) is 5.73 Å². The van der Waals surface area contributed by atoms with Crippen LogP contribution in [0, 0.1) is 0 Å².